The van der Waals surface area contributed by atoms with Gasteiger partial charge in [0.2, 0.25) is 0 Å². The number of nitrogens with zero attached hydrogens (tertiary/aromatic N) is 1. The van der Waals surface area contributed by atoms with Crippen molar-refractivity contribution in [3.63, 3.8) is 0 Å². The first kappa shape index (κ1) is 16.6. The van der Waals surface area contributed by atoms with Crippen LogP contribution in [0.4, 0.5) is 5.69 Å². The van der Waals surface area contributed by atoms with Crippen LogP contribution in [0.15, 0.2) is 29.8 Å². The lowest BCUT2D eigenvalue weighted by Gasteiger charge is -2.02. The van der Waals surface area contributed by atoms with Gasteiger partial charge in [-0.2, -0.15) is 0 Å². The molecule has 0 spiro atoms. The van der Waals surface area contributed by atoms with Gasteiger partial charge in [-0.15, -0.1) is 0 Å². The molecule has 0 atom stereocenters. The van der Waals surface area contributed by atoms with Crippen LogP contribution in [0, 0.1) is 10.1 Å². The molecule has 112 valence electrons. The molecule has 0 unspecified atom stereocenters. The van der Waals surface area contributed by atoms with Crippen molar-refractivity contribution in [2.45, 2.75) is 32.6 Å². The molecule has 6 nitrogen and oxygen atoms in total. The van der Waals surface area contributed by atoms with Gasteiger partial charge in [0.15, 0.2) is 5.78 Å². The number of non-ortho nitro benzene ring substituents is 1. The van der Waals surface area contributed by atoms with Gasteiger partial charge in [0.25, 0.3) is 5.69 Å². The van der Waals surface area contributed by atoms with Gasteiger partial charge in [-0.3, -0.25) is 14.9 Å². The molecule has 0 aliphatic carbocycles. The summed E-state index contributed by atoms with van der Waals surface area (Å²) in [6.45, 7) is 2.00. The largest absolute Gasteiger partial charge is 0.478 e. The normalized spacial score (nSPS) is 11.2. The topological polar surface area (TPSA) is 97.5 Å². The van der Waals surface area contributed by atoms with E-state index >= 15 is 0 Å². The Kier molecular flexibility index (Phi) is 6.26. The molecule has 0 heterocycles. The van der Waals surface area contributed by atoms with Gasteiger partial charge in [-0.05, 0) is 30.2 Å². The van der Waals surface area contributed by atoms with Gasteiger partial charge < -0.3 is 5.11 Å². The smallest absolute Gasteiger partial charge is 0.339 e. The molecule has 0 saturated carbocycles. The summed E-state index contributed by atoms with van der Waals surface area (Å²) in [5, 5.41) is 19.6. The zero-order valence-corrected chi connectivity index (χ0v) is 11.7. The summed E-state index contributed by atoms with van der Waals surface area (Å²) in [7, 11) is 0. The summed E-state index contributed by atoms with van der Waals surface area (Å²) < 4.78 is 0. The number of unbranched alkanes of at least 4 members (excludes halogenated alkanes) is 2. The molecule has 21 heavy (non-hydrogen) atoms. The van der Waals surface area contributed by atoms with E-state index in [2.05, 4.69) is 0 Å². The number of carbonyl (C=O) groups is 2. The van der Waals surface area contributed by atoms with Crippen LogP contribution in [0.1, 0.15) is 38.2 Å². The van der Waals surface area contributed by atoms with Gasteiger partial charge >= 0.3 is 5.97 Å². The van der Waals surface area contributed by atoms with E-state index in [1.54, 1.807) is 0 Å². The van der Waals surface area contributed by atoms with Crippen LogP contribution in [0.3, 0.4) is 0 Å². The maximum absolute atomic E-state index is 11.9. The highest BCUT2D eigenvalue weighted by Crippen LogP contribution is 2.16. The number of rotatable bonds is 8. The Bertz CT molecular complexity index is 560. The highest BCUT2D eigenvalue weighted by atomic mass is 16.6. The quantitative estimate of drug-likeness (QED) is 0.198. The molecule has 0 radical (unpaired) electrons. The van der Waals surface area contributed by atoms with Crippen LogP contribution in [0.25, 0.3) is 6.08 Å². The second kappa shape index (κ2) is 7.94. The lowest BCUT2D eigenvalue weighted by atomic mass is 10.0. The third-order valence-electron chi connectivity index (χ3n) is 2.95. The number of nitro benzene ring substituents is 1. The Morgan fingerprint density at radius 2 is 1.86 bits per heavy atom. The van der Waals surface area contributed by atoms with Crippen molar-refractivity contribution in [3.05, 3.63) is 45.5 Å². The van der Waals surface area contributed by atoms with Crippen molar-refractivity contribution in [2.24, 2.45) is 0 Å². The van der Waals surface area contributed by atoms with Gasteiger partial charge in [0, 0.05) is 18.6 Å². The number of Topliss-reactive ketones (excluding diaryl/α,β-unsaturated/α-hetero) is 1. The summed E-state index contributed by atoms with van der Waals surface area (Å²) >= 11 is 0. The molecular formula is C15H17NO5. The Morgan fingerprint density at radius 1 is 1.24 bits per heavy atom. The molecule has 0 saturated heterocycles. The summed E-state index contributed by atoms with van der Waals surface area (Å²) in [5.41, 5.74) is 0.0695. The number of aliphatic carboxylic acids is 1. The SMILES string of the molecule is CCCCCC(=O)C(=Cc1ccc([N+](=O)[O-])cc1)C(=O)O. The minimum absolute atomic E-state index is 0.0849. The Balaban J connectivity index is 2.91. The van der Waals surface area contributed by atoms with E-state index in [1.165, 1.54) is 30.3 Å². The van der Waals surface area contributed by atoms with E-state index in [4.69, 9.17) is 5.11 Å². The monoisotopic (exact) mass is 291 g/mol. The molecule has 6 heteroatoms. The molecule has 1 rings (SSSR count). The van der Waals surface area contributed by atoms with Gasteiger partial charge in [-0.1, -0.05) is 19.8 Å². The number of hydrogen-bond acceptors (Lipinski definition) is 4. The first-order valence-corrected chi connectivity index (χ1v) is 6.68. The van der Waals surface area contributed by atoms with Crippen molar-refractivity contribution in [2.75, 3.05) is 0 Å². The van der Waals surface area contributed by atoms with E-state index in [9.17, 15) is 19.7 Å². The Hall–Kier alpha value is -2.50. The Morgan fingerprint density at radius 3 is 2.33 bits per heavy atom. The number of hydrogen-bond donors (Lipinski definition) is 1. The number of ketones is 1. The molecule has 1 aromatic rings. The first-order chi connectivity index (χ1) is 9.95. The Labute approximate surface area is 122 Å². The van der Waals surface area contributed by atoms with E-state index in [0.29, 0.717) is 12.0 Å². The van der Waals surface area contributed by atoms with Crippen molar-refractivity contribution in [1.29, 1.82) is 0 Å². The first-order valence-electron chi connectivity index (χ1n) is 6.68. The van der Waals surface area contributed by atoms with Gasteiger partial charge in [-0.25, -0.2) is 4.79 Å². The average Bonchev–Trinajstić information content (AvgIpc) is 2.45. The molecule has 1 N–H and O–H groups in total. The standard InChI is InChI=1S/C15H17NO5/c1-2-3-4-5-14(17)13(15(18)19)10-11-6-8-12(9-7-11)16(20)21/h6-10H,2-5H2,1H3,(H,18,19). The highest BCUT2D eigenvalue weighted by molar-refractivity contribution is 6.19. The summed E-state index contributed by atoms with van der Waals surface area (Å²) in [6.07, 6.45) is 3.91. The fraction of sp³-hybridized carbons (Fsp3) is 0.333. The van der Waals surface area contributed by atoms with Gasteiger partial charge in [0.05, 0.1) is 4.92 Å². The van der Waals surface area contributed by atoms with Crippen LogP contribution < -0.4 is 0 Å². The van der Waals surface area contributed by atoms with E-state index in [1.807, 2.05) is 6.92 Å². The van der Waals surface area contributed by atoms with Gasteiger partial charge in [0.1, 0.15) is 5.57 Å². The predicted molar refractivity (Wildman–Crippen MR) is 77.9 cm³/mol. The fourth-order valence-corrected chi connectivity index (χ4v) is 1.79. The maximum Gasteiger partial charge on any atom is 0.339 e. The zero-order chi connectivity index (χ0) is 15.8. The van der Waals surface area contributed by atoms with E-state index in [-0.39, 0.29) is 17.7 Å². The highest BCUT2D eigenvalue weighted by Gasteiger charge is 2.17. The summed E-state index contributed by atoms with van der Waals surface area (Å²) in [5.74, 6) is -1.70. The minimum Gasteiger partial charge on any atom is -0.478 e. The van der Waals surface area contributed by atoms with Crippen molar-refractivity contribution in [3.8, 4) is 0 Å². The fourth-order valence-electron chi connectivity index (χ4n) is 1.79. The minimum atomic E-state index is -1.28. The predicted octanol–water partition coefficient (Wildman–Crippen LogP) is 3.21. The van der Waals surface area contributed by atoms with Crippen LogP contribution in [-0.2, 0) is 9.59 Å². The van der Waals surface area contributed by atoms with E-state index < -0.39 is 16.7 Å². The molecule has 0 amide bonds. The second-order valence-corrected chi connectivity index (χ2v) is 4.59. The molecule has 1 aromatic carbocycles. The third kappa shape index (κ3) is 5.18. The van der Waals surface area contributed by atoms with Crippen LogP contribution in [0.2, 0.25) is 0 Å². The molecule has 0 aliphatic heterocycles. The number of nitro groups is 1. The number of carboxylic acids is 1. The molecule has 0 bridgehead atoms. The van der Waals surface area contributed by atoms with Crippen LogP contribution in [0.5, 0.6) is 0 Å². The number of carboxylic acid groups (broad SMARTS) is 1. The number of carbonyl (C=O) groups excluding carboxylic acids is 1. The average molecular weight is 291 g/mol. The zero-order valence-electron chi connectivity index (χ0n) is 11.7. The third-order valence-corrected chi connectivity index (χ3v) is 2.95. The summed E-state index contributed by atoms with van der Waals surface area (Å²) in [6, 6.07) is 5.38. The lowest BCUT2D eigenvalue weighted by molar-refractivity contribution is -0.384. The van der Waals surface area contributed by atoms with E-state index in [0.717, 1.165) is 12.8 Å². The second-order valence-electron chi connectivity index (χ2n) is 4.59. The van der Waals surface area contributed by atoms with Crippen LogP contribution in [-0.4, -0.2) is 21.8 Å². The molecular weight excluding hydrogens is 274 g/mol. The maximum atomic E-state index is 11.9. The molecule has 0 aromatic heterocycles. The van der Waals surface area contributed by atoms with Crippen molar-refractivity contribution >= 4 is 23.5 Å². The molecule has 0 aliphatic rings. The lowest BCUT2D eigenvalue weighted by Crippen LogP contribution is -2.12. The van der Waals surface area contributed by atoms with Crippen molar-refractivity contribution in [1.82, 2.24) is 0 Å². The summed E-state index contributed by atoms with van der Waals surface area (Å²) in [4.78, 5) is 33.0. The van der Waals surface area contributed by atoms with Crippen LogP contribution >= 0.6 is 0 Å². The number of benzene rings is 1. The molecule has 0 fully saturated rings. The van der Waals surface area contributed by atoms with Crippen molar-refractivity contribution < 1.29 is 19.6 Å².